The minimum absolute atomic E-state index is 0.115. The number of aryl methyl sites for hydroxylation is 1. The zero-order chi connectivity index (χ0) is 15.9. The molecule has 2 atom stereocenters. The molecule has 1 aliphatic rings. The number of nitrogens with one attached hydrogen (secondary N) is 1. The van der Waals surface area contributed by atoms with E-state index in [-0.39, 0.29) is 18.4 Å². The van der Waals surface area contributed by atoms with Crippen LogP contribution in [0.15, 0.2) is 24.3 Å². The molecule has 1 saturated heterocycles. The van der Waals surface area contributed by atoms with E-state index in [4.69, 9.17) is 9.84 Å². The summed E-state index contributed by atoms with van der Waals surface area (Å²) in [4.78, 5) is 23.2. The molecule has 0 bridgehead atoms. The lowest BCUT2D eigenvalue weighted by atomic mass is 9.98. The Morgan fingerprint density at radius 3 is 2.82 bits per heavy atom. The Bertz CT molecular complexity index is 523. The molecule has 120 valence electrons. The summed E-state index contributed by atoms with van der Waals surface area (Å²) in [5, 5.41) is 11.9. The van der Waals surface area contributed by atoms with Crippen LogP contribution >= 0.6 is 0 Å². The van der Waals surface area contributed by atoms with Crippen molar-refractivity contribution in [2.75, 3.05) is 6.61 Å². The number of aliphatic carboxylic acids is 1. The molecule has 0 aromatic heterocycles. The molecule has 2 N–H and O–H groups in total. The molecule has 1 fully saturated rings. The fraction of sp³-hybridized carbons (Fsp3) is 0.529. The molecule has 0 aliphatic carbocycles. The first-order valence-corrected chi connectivity index (χ1v) is 7.74. The molecule has 1 aromatic rings. The van der Waals surface area contributed by atoms with E-state index in [9.17, 15) is 9.59 Å². The van der Waals surface area contributed by atoms with E-state index >= 15 is 0 Å². The molecule has 0 unspecified atom stereocenters. The van der Waals surface area contributed by atoms with Gasteiger partial charge < -0.3 is 15.2 Å². The number of carboxylic acid groups (broad SMARTS) is 1. The second-order valence-corrected chi connectivity index (χ2v) is 5.75. The molecular weight excluding hydrogens is 282 g/mol. The van der Waals surface area contributed by atoms with Gasteiger partial charge in [-0.25, -0.2) is 0 Å². The van der Waals surface area contributed by atoms with Crippen LogP contribution in [0.5, 0.6) is 0 Å². The third kappa shape index (κ3) is 4.84. The lowest BCUT2D eigenvalue weighted by Gasteiger charge is -2.20. The summed E-state index contributed by atoms with van der Waals surface area (Å²) in [7, 11) is 0. The highest BCUT2D eigenvalue weighted by molar-refractivity contribution is 5.77. The lowest BCUT2D eigenvalue weighted by Crippen LogP contribution is -2.31. The Morgan fingerprint density at radius 1 is 1.41 bits per heavy atom. The number of amides is 1. The largest absolute Gasteiger partial charge is 0.481 e. The van der Waals surface area contributed by atoms with Crippen LogP contribution in [-0.2, 0) is 14.3 Å². The second-order valence-electron chi connectivity index (χ2n) is 5.75. The molecule has 22 heavy (non-hydrogen) atoms. The van der Waals surface area contributed by atoms with Gasteiger partial charge >= 0.3 is 5.97 Å². The van der Waals surface area contributed by atoms with Crippen LogP contribution in [0.1, 0.15) is 49.3 Å². The van der Waals surface area contributed by atoms with Crippen molar-refractivity contribution in [1.29, 1.82) is 0 Å². The van der Waals surface area contributed by atoms with Gasteiger partial charge in [-0.1, -0.05) is 24.3 Å². The maximum Gasteiger partial charge on any atom is 0.305 e. The molecule has 2 rings (SSSR count). The first-order chi connectivity index (χ1) is 10.6. The van der Waals surface area contributed by atoms with E-state index in [2.05, 4.69) is 5.32 Å². The molecule has 0 spiro atoms. The van der Waals surface area contributed by atoms with Crippen LogP contribution in [-0.4, -0.2) is 29.7 Å². The molecule has 1 heterocycles. The van der Waals surface area contributed by atoms with Gasteiger partial charge in [-0.05, 0) is 37.3 Å². The van der Waals surface area contributed by atoms with E-state index in [1.807, 2.05) is 31.2 Å². The van der Waals surface area contributed by atoms with Crippen molar-refractivity contribution < 1.29 is 19.4 Å². The van der Waals surface area contributed by atoms with E-state index in [0.29, 0.717) is 12.8 Å². The van der Waals surface area contributed by atoms with Crippen LogP contribution in [0.4, 0.5) is 0 Å². The molecular formula is C17H23NO4. The molecule has 1 aromatic carbocycles. The van der Waals surface area contributed by atoms with E-state index in [1.54, 1.807) is 0 Å². The molecule has 5 heteroatoms. The van der Waals surface area contributed by atoms with Crippen molar-refractivity contribution in [3.05, 3.63) is 35.4 Å². The third-order valence-electron chi connectivity index (χ3n) is 4.00. The normalized spacial score (nSPS) is 18.9. The molecule has 1 amide bonds. The number of hydrogen-bond acceptors (Lipinski definition) is 3. The van der Waals surface area contributed by atoms with Crippen molar-refractivity contribution in [3.8, 4) is 0 Å². The molecule has 1 aliphatic heterocycles. The Morgan fingerprint density at radius 2 is 2.18 bits per heavy atom. The van der Waals surface area contributed by atoms with Gasteiger partial charge in [0.05, 0.1) is 18.6 Å². The van der Waals surface area contributed by atoms with Gasteiger partial charge in [0.15, 0.2) is 0 Å². The van der Waals surface area contributed by atoms with Crippen LogP contribution < -0.4 is 5.32 Å². The number of hydrogen-bond donors (Lipinski definition) is 2. The fourth-order valence-corrected chi connectivity index (χ4v) is 2.82. The monoisotopic (exact) mass is 305 g/mol. The summed E-state index contributed by atoms with van der Waals surface area (Å²) in [6.45, 7) is 2.69. The number of rotatable bonds is 7. The summed E-state index contributed by atoms with van der Waals surface area (Å²) in [6.07, 6.45) is 3.17. The molecule has 0 saturated carbocycles. The van der Waals surface area contributed by atoms with Crippen molar-refractivity contribution in [3.63, 3.8) is 0 Å². The van der Waals surface area contributed by atoms with Crippen LogP contribution in [0.2, 0.25) is 0 Å². The van der Waals surface area contributed by atoms with Gasteiger partial charge in [-0.2, -0.15) is 0 Å². The Balaban J connectivity index is 1.95. The lowest BCUT2D eigenvalue weighted by molar-refractivity contribution is -0.137. The van der Waals surface area contributed by atoms with E-state index in [1.165, 1.54) is 0 Å². The average molecular weight is 305 g/mol. The quantitative estimate of drug-likeness (QED) is 0.812. The highest BCUT2D eigenvalue weighted by Crippen LogP contribution is 2.22. The first kappa shape index (κ1) is 16.5. The van der Waals surface area contributed by atoms with Gasteiger partial charge in [0.1, 0.15) is 0 Å². The van der Waals surface area contributed by atoms with E-state index in [0.717, 1.165) is 30.6 Å². The minimum Gasteiger partial charge on any atom is -0.481 e. The van der Waals surface area contributed by atoms with Crippen molar-refractivity contribution in [2.45, 2.75) is 51.2 Å². The second kappa shape index (κ2) is 7.94. The first-order valence-electron chi connectivity index (χ1n) is 7.74. The van der Waals surface area contributed by atoms with Gasteiger partial charge in [0.2, 0.25) is 5.91 Å². The zero-order valence-electron chi connectivity index (χ0n) is 12.9. The summed E-state index contributed by atoms with van der Waals surface area (Å²) >= 11 is 0. The summed E-state index contributed by atoms with van der Waals surface area (Å²) in [6, 6.07) is 7.05. The minimum atomic E-state index is -0.923. The predicted octanol–water partition coefficient (Wildman–Crippen LogP) is 2.59. The maximum atomic E-state index is 12.1. The molecule has 5 nitrogen and oxygen atoms in total. The topological polar surface area (TPSA) is 75.6 Å². The maximum absolute atomic E-state index is 12.1. The van der Waals surface area contributed by atoms with Gasteiger partial charge in [0, 0.05) is 13.0 Å². The smallest absolute Gasteiger partial charge is 0.305 e. The number of carbonyl (C=O) groups is 2. The number of ether oxygens (including phenoxy) is 1. The summed E-state index contributed by atoms with van der Waals surface area (Å²) < 4.78 is 5.50. The Kier molecular flexibility index (Phi) is 5.95. The van der Waals surface area contributed by atoms with Crippen molar-refractivity contribution in [1.82, 2.24) is 5.32 Å². The Hall–Kier alpha value is -1.88. The summed E-state index contributed by atoms with van der Waals surface area (Å²) in [5.74, 6) is -1.04. The molecule has 0 radical (unpaired) electrons. The number of carboxylic acids is 1. The van der Waals surface area contributed by atoms with Crippen LogP contribution in [0.25, 0.3) is 0 Å². The predicted molar refractivity (Wildman–Crippen MR) is 82.5 cm³/mol. The van der Waals surface area contributed by atoms with Gasteiger partial charge in [0.25, 0.3) is 0 Å². The number of carbonyl (C=O) groups excluding carboxylic acids is 1. The van der Waals surface area contributed by atoms with Crippen molar-refractivity contribution >= 4 is 11.9 Å². The fourth-order valence-electron chi connectivity index (χ4n) is 2.82. The van der Waals surface area contributed by atoms with Gasteiger partial charge in [-0.15, -0.1) is 0 Å². The van der Waals surface area contributed by atoms with E-state index < -0.39 is 12.0 Å². The number of benzene rings is 1. The van der Waals surface area contributed by atoms with Crippen LogP contribution in [0, 0.1) is 6.92 Å². The van der Waals surface area contributed by atoms with Gasteiger partial charge in [-0.3, -0.25) is 9.59 Å². The Labute approximate surface area is 130 Å². The highest BCUT2D eigenvalue weighted by Gasteiger charge is 2.21. The van der Waals surface area contributed by atoms with Crippen molar-refractivity contribution in [2.24, 2.45) is 0 Å². The van der Waals surface area contributed by atoms with Crippen LogP contribution in [0.3, 0.4) is 0 Å². The highest BCUT2D eigenvalue weighted by atomic mass is 16.5. The SMILES string of the molecule is Cc1ccccc1[C@H](CC(=O)O)NC(=O)CC[C@H]1CCCO1. The standard InChI is InChI=1S/C17H23NO4/c1-12-5-2-3-7-14(12)15(11-17(20)21)18-16(19)9-8-13-6-4-10-22-13/h2-3,5,7,13,15H,4,6,8-11H2,1H3,(H,18,19)(H,20,21)/t13-,15+/m1/s1. The summed E-state index contributed by atoms with van der Waals surface area (Å²) in [5.41, 5.74) is 1.84. The third-order valence-corrected chi connectivity index (χ3v) is 4.00. The zero-order valence-corrected chi connectivity index (χ0v) is 12.9. The average Bonchev–Trinajstić information content (AvgIpc) is 2.98.